The monoisotopic (exact) mass is 271 g/mol. The third kappa shape index (κ3) is 4.27. The van der Waals surface area contributed by atoms with Crippen LogP contribution in [0.4, 0.5) is 0 Å². The Labute approximate surface area is 114 Å². The van der Waals surface area contributed by atoms with Gasteiger partial charge in [-0.3, -0.25) is 4.90 Å². The summed E-state index contributed by atoms with van der Waals surface area (Å²) in [6, 6.07) is 3.03. The summed E-state index contributed by atoms with van der Waals surface area (Å²) in [7, 11) is 0. The zero-order valence-electron chi connectivity index (χ0n) is 10.4. The summed E-state index contributed by atoms with van der Waals surface area (Å²) >= 11 is 7.73. The molecule has 0 N–H and O–H groups in total. The van der Waals surface area contributed by atoms with E-state index in [1.165, 1.54) is 50.6 Å². The lowest BCUT2D eigenvalue weighted by molar-refractivity contribution is 0.166. The SMILES string of the molecule is ClCCN(CCc1ccsc1)C1CCCCC1. The van der Waals surface area contributed by atoms with Crippen LogP contribution in [-0.2, 0) is 6.42 Å². The van der Waals surface area contributed by atoms with E-state index in [0.29, 0.717) is 0 Å². The number of halogens is 1. The van der Waals surface area contributed by atoms with Crippen LogP contribution in [0.25, 0.3) is 0 Å². The molecule has 1 aliphatic rings. The Balaban J connectivity index is 1.82. The van der Waals surface area contributed by atoms with Crippen molar-refractivity contribution in [1.29, 1.82) is 0 Å². The fraction of sp³-hybridized carbons (Fsp3) is 0.714. The molecule has 0 bridgehead atoms. The summed E-state index contributed by atoms with van der Waals surface area (Å²) in [5.41, 5.74) is 1.48. The summed E-state index contributed by atoms with van der Waals surface area (Å²) in [4.78, 5) is 2.61. The van der Waals surface area contributed by atoms with Gasteiger partial charge < -0.3 is 0 Å². The van der Waals surface area contributed by atoms with E-state index in [4.69, 9.17) is 11.6 Å². The molecule has 17 heavy (non-hydrogen) atoms. The van der Waals surface area contributed by atoms with E-state index in [9.17, 15) is 0 Å². The maximum atomic E-state index is 5.94. The minimum atomic E-state index is 0.764. The predicted molar refractivity (Wildman–Crippen MR) is 77.2 cm³/mol. The van der Waals surface area contributed by atoms with Gasteiger partial charge in [0, 0.05) is 25.0 Å². The van der Waals surface area contributed by atoms with Crippen molar-refractivity contribution in [3.8, 4) is 0 Å². The van der Waals surface area contributed by atoms with Gasteiger partial charge in [-0.1, -0.05) is 19.3 Å². The first-order valence-electron chi connectivity index (χ1n) is 6.71. The van der Waals surface area contributed by atoms with Gasteiger partial charge in [-0.05, 0) is 41.7 Å². The Hall–Kier alpha value is -0.0500. The molecule has 1 fully saturated rings. The van der Waals surface area contributed by atoms with Crippen LogP contribution < -0.4 is 0 Å². The third-order valence-corrected chi connectivity index (χ3v) is 4.63. The van der Waals surface area contributed by atoms with Crippen LogP contribution in [-0.4, -0.2) is 29.9 Å². The maximum absolute atomic E-state index is 5.94. The molecule has 0 atom stereocenters. The molecule has 0 aromatic carbocycles. The first-order valence-corrected chi connectivity index (χ1v) is 8.19. The van der Waals surface area contributed by atoms with Gasteiger partial charge in [0.25, 0.3) is 0 Å². The molecule has 0 spiro atoms. The third-order valence-electron chi connectivity index (χ3n) is 3.73. The van der Waals surface area contributed by atoms with Crippen LogP contribution in [0.3, 0.4) is 0 Å². The fourth-order valence-corrected chi connectivity index (χ4v) is 3.66. The van der Waals surface area contributed by atoms with Crippen molar-refractivity contribution >= 4 is 22.9 Å². The number of rotatable bonds is 6. The highest BCUT2D eigenvalue weighted by molar-refractivity contribution is 7.07. The van der Waals surface area contributed by atoms with Crippen LogP contribution in [0.5, 0.6) is 0 Å². The second kappa shape index (κ2) is 7.40. The normalized spacial score (nSPS) is 17.8. The topological polar surface area (TPSA) is 3.24 Å². The maximum Gasteiger partial charge on any atom is 0.0351 e. The molecule has 0 radical (unpaired) electrons. The molecule has 2 rings (SSSR count). The summed E-state index contributed by atoms with van der Waals surface area (Å²) in [6.45, 7) is 2.23. The molecule has 3 heteroatoms. The summed E-state index contributed by atoms with van der Waals surface area (Å²) in [5, 5.41) is 4.43. The minimum absolute atomic E-state index is 0.764. The Morgan fingerprint density at radius 3 is 2.71 bits per heavy atom. The van der Waals surface area contributed by atoms with Crippen molar-refractivity contribution in [2.45, 2.75) is 44.6 Å². The van der Waals surface area contributed by atoms with Crippen molar-refractivity contribution in [3.05, 3.63) is 22.4 Å². The number of nitrogens with zero attached hydrogens (tertiary/aromatic N) is 1. The first-order chi connectivity index (χ1) is 8.40. The largest absolute Gasteiger partial charge is 0.299 e. The molecule has 1 saturated carbocycles. The molecule has 1 aliphatic carbocycles. The highest BCUT2D eigenvalue weighted by Gasteiger charge is 2.20. The van der Waals surface area contributed by atoms with E-state index in [1.54, 1.807) is 11.3 Å². The van der Waals surface area contributed by atoms with Gasteiger partial charge in [-0.2, -0.15) is 11.3 Å². The number of thiophene rings is 1. The minimum Gasteiger partial charge on any atom is -0.299 e. The zero-order chi connectivity index (χ0) is 11.9. The van der Waals surface area contributed by atoms with Gasteiger partial charge in [-0.15, -0.1) is 11.6 Å². The number of alkyl halides is 1. The molecule has 1 heterocycles. The van der Waals surface area contributed by atoms with Crippen molar-refractivity contribution < 1.29 is 0 Å². The Kier molecular flexibility index (Phi) is 5.82. The van der Waals surface area contributed by atoms with Gasteiger partial charge in [0.2, 0.25) is 0 Å². The molecular weight excluding hydrogens is 250 g/mol. The summed E-state index contributed by atoms with van der Waals surface area (Å²) in [5.74, 6) is 0.764. The van der Waals surface area contributed by atoms with E-state index in [0.717, 1.165) is 18.5 Å². The molecule has 0 unspecified atom stereocenters. The highest BCUT2D eigenvalue weighted by atomic mass is 35.5. The van der Waals surface area contributed by atoms with E-state index >= 15 is 0 Å². The van der Waals surface area contributed by atoms with Crippen molar-refractivity contribution in [2.24, 2.45) is 0 Å². The molecule has 0 saturated heterocycles. The Bertz CT molecular complexity index is 293. The van der Waals surface area contributed by atoms with Crippen LogP contribution >= 0.6 is 22.9 Å². The lowest BCUT2D eigenvalue weighted by atomic mass is 9.94. The van der Waals surface area contributed by atoms with Crippen LogP contribution in [0.15, 0.2) is 16.8 Å². The quantitative estimate of drug-likeness (QED) is 0.702. The smallest absolute Gasteiger partial charge is 0.0351 e. The van der Waals surface area contributed by atoms with Crippen molar-refractivity contribution in [1.82, 2.24) is 4.90 Å². The van der Waals surface area contributed by atoms with Crippen molar-refractivity contribution in [2.75, 3.05) is 19.0 Å². The van der Waals surface area contributed by atoms with E-state index < -0.39 is 0 Å². The van der Waals surface area contributed by atoms with E-state index in [2.05, 4.69) is 21.7 Å². The average Bonchev–Trinajstić information content (AvgIpc) is 2.88. The highest BCUT2D eigenvalue weighted by Crippen LogP contribution is 2.23. The van der Waals surface area contributed by atoms with E-state index in [-0.39, 0.29) is 0 Å². The van der Waals surface area contributed by atoms with Crippen LogP contribution in [0, 0.1) is 0 Å². The summed E-state index contributed by atoms with van der Waals surface area (Å²) < 4.78 is 0. The first kappa shape index (κ1) is 13.4. The number of hydrogen-bond acceptors (Lipinski definition) is 2. The Morgan fingerprint density at radius 2 is 2.06 bits per heavy atom. The van der Waals surface area contributed by atoms with E-state index in [1.807, 2.05) is 0 Å². The zero-order valence-corrected chi connectivity index (χ0v) is 12.0. The molecule has 0 aliphatic heterocycles. The Morgan fingerprint density at radius 1 is 1.24 bits per heavy atom. The second-order valence-corrected chi connectivity index (χ2v) is 6.06. The van der Waals surface area contributed by atoms with Gasteiger partial charge >= 0.3 is 0 Å². The van der Waals surface area contributed by atoms with Gasteiger partial charge in [0.05, 0.1) is 0 Å². The molecule has 96 valence electrons. The molecular formula is C14H22ClNS. The van der Waals surface area contributed by atoms with Crippen molar-refractivity contribution in [3.63, 3.8) is 0 Å². The second-order valence-electron chi connectivity index (χ2n) is 4.90. The fourth-order valence-electron chi connectivity index (χ4n) is 2.74. The molecule has 0 amide bonds. The van der Waals surface area contributed by atoms with Gasteiger partial charge in [0.15, 0.2) is 0 Å². The van der Waals surface area contributed by atoms with Crippen LogP contribution in [0.1, 0.15) is 37.7 Å². The predicted octanol–water partition coefficient (Wildman–Crippen LogP) is 4.16. The standard InChI is InChI=1S/C14H22ClNS/c15-8-10-16(14-4-2-1-3-5-14)9-6-13-7-11-17-12-13/h7,11-12,14H,1-6,8-10H2. The number of hydrogen-bond donors (Lipinski definition) is 0. The molecule has 1 aromatic heterocycles. The van der Waals surface area contributed by atoms with Crippen LogP contribution in [0.2, 0.25) is 0 Å². The lowest BCUT2D eigenvalue weighted by Gasteiger charge is -2.33. The summed E-state index contributed by atoms with van der Waals surface area (Å²) in [6.07, 6.45) is 8.16. The lowest BCUT2D eigenvalue weighted by Crippen LogP contribution is -2.39. The average molecular weight is 272 g/mol. The molecule has 1 nitrogen and oxygen atoms in total. The van der Waals surface area contributed by atoms with Gasteiger partial charge in [0.1, 0.15) is 0 Å². The van der Waals surface area contributed by atoms with Gasteiger partial charge in [-0.25, -0.2) is 0 Å². The molecule has 1 aromatic rings.